The predicted octanol–water partition coefficient (Wildman–Crippen LogP) is 5.32. The quantitative estimate of drug-likeness (QED) is 0.320. The molecule has 0 heterocycles. The molecule has 0 spiro atoms. The van der Waals surface area contributed by atoms with Crippen LogP contribution in [-0.4, -0.2) is 39.2 Å². The smallest absolute Gasteiger partial charge is 0.395 e. The van der Waals surface area contributed by atoms with E-state index in [1.54, 1.807) is 0 Å². The maximum atomic E-state index is 13.6. The van der Waals surface area contributed by atoms with Crippen LogP contribution in [0.1, 0.15) is 20.3 Å². The number of alkyl halides is 6. The Morgan fingerprint density at radius 1 is 0.913 bits per heavy atom. The van der Waals surface area contributed by atoms with Gasteiger partial charge in [0.05, 0.1) is 19.6 Å². The predicted molar refractivity (Wildman–Crippen MR) is 74.7 cm³/mol. The normalized spacial score (nSPS) is 17.2. The van der Waals surface area contributed by atoms with Gasteiger partial charge in [-0.2, -0.15) is 26.3 Å². The summed E-state index contributed by atoms with van der Waals surface area (Å²) in [6, 6.07) is 0. The van der Waals surface area contributed by atoms with E-state index in [1.165, 1.54) is 33.5 Å². The maximum Gasteiger partial charge on any atom is 0.428 e. The van der Waals surface area contributed by atoms with Crippen molar-refractivity contribution in [3.8, 4) is 0 Å². The standard InChI is InChI=1S/C11H21F6O4PSi/c1-6-19-22(18,20-7-2)9(11(15,16)17,8-10(12,13)14)21-23(3,4)5/h6-8H2,1-5H3. The van der Waals surface area contributed by atoms with Gasteiger partial charge < -0.3 is 13.5 Å². The Labute approximate surface area is 132 Å². The molecule has 0 fully saturated rings. The summed E-state index contributed by atoms with van der Waals surface area (Å²) in [6.45, 7) is 5.12. The molecule has 0 aromatic rings. The minimum atomic E-state index is -5.61. The first-order valence-corrected chi connectivity index (χ1v) is 11.7. The summed E-state index contributed by atoms with van der Waals surface area (Å²) in [6.07, 6.45) is -13.4. The zero-order valence-corrected chi connectivity index (χ0v) is 15.4. The molecule has 0 aliphatic rings. The lowest BCUT2D eigenvalue weighted by Gasteiger charge is -2.43. The topological polar surface area (TPSA) is 44.8 Å². The Morgan fingerprint density at radius 3 is 1.52 bits per heavy atom. The van der Waals surface area contributed by atoms with Gasteiger partial charge >= 0.3 is 19.9 Å². The molecule has 0 aromatic carbocycles. The first-order chi connectivity index (χ1) is 10.0. The molecular formula is C11H21F6O4PSi. The summed E-state index contributed by atoms with van der Waals surface area (Å²) in [5.74, 6) is 0. The van der Waals surface area contributed by atoms with Crippen LogP contribution >= 0.6 is 7.60 Å². The fraction of sp³-hybridized carbons (Fsp3) is 1.00. The van der Waals surface area contributed by atoms with Crippen LogP contribution in [0.5, 0.6) is 0 Å². The maximum absolute atomic E-state index is 13.6. The summed E-state index contributed by atoms with van der Waals surface area (Å²) < 4.78 is 106. The Bertz CT molecular complexity index is 406. The molecule has 0 N–H and O–H groups in total. The molecule has 140 valence electrons. The third-order valence-corrected chi connectivity index (χ3v) is 6.12. The fourth-order valence-electron chi connectivity index (χ4n) is 1.87. The van der Waals surface area contributed by atoms with Gasteiger partial charge in [-0.1, -0.05) is 0 Å². The zero-order chi connectivity index (χ0) is 18.7. The fourth-order valence-corrected chi connectivity index (χ4v) is 6.19. The first kappa shape index (κ1) is 22.9. The lowest BCUT2D eigenvalue weighted by atomic mass is 10.2. The van der Waals surface area contributed by atoms with Crippen molar-refractivity contribution in [3.05, 3.63) is 0 Å². The summed E-state index contributed by atoms with van der Waals surface area (Å²) >= 11 is 0. The van der Waals surface area contributed by atoms with Gasteiger partial charge in [0.25, 0.3) is 5.34 Å². The summed E-state index contributed by atoms with van der Waals surface area (Å²) in [5, 5.41) is -4.09. The monoisotopic (exact) mass is 390 g/mol. The Hall–Kier alpha value is -0.0931. The third kappa shape index (κ3) is 6.04. The van der Waals surface area contributed by atoms with Crippen molar-refractivity contribution in [1.29, 1.82) is 0 Å². The van der Waals surface area contributed by atoms with E-state index in [1.807, 2.05) is 0 Å². The molecular weight excluding hydrogens is 369 g/mol. The Morgan fingerprint density at radius 2 is 1.30 bits per heavy atom. The van der Waals surface area contributed by atoms with Gasteiger partial charge in [-0.05, 0) is 33.5 Å². The molecule has 0 rings (SSSR count). The number of halogens is 6. The van der Waals surface area contributed by atoms with Gasteiger partial charge in [0.1, 0.15) is 0 Å². The van der Waals surface area contributed by atoms with E-state index in [0.29, 0.717) is 0 Å². The van der Waals surface area contributed by atoms with Crippen molar-refractivity contribution in [2.24, 2.45) is 0 Å². The van der Waals surface area contributed by atoms with Crippen molar-refractivity contribution in [1.82, 2.24) is 0 Å². The SMILES string of the molecule is CCOP(=O)(OCC)C(CC(F)(F)F)(O[Si](C)(C)C)C(F)(F)F. The van der Waals surface area contributed by atoms with E-state index in [-0.39, 0.29) is 0 Å². The number of rotatable bonds is 8. The average molecular weight is 390 g/mol. The molecule has 1 unspecified atom stereocenters. The van der Waals surface area contributed by atoms with Crippen LogP contribution in [0.15, 0.2) is 0 Å². The largest absolute Gasteiger partial charge is 0.428 e. The minimum Gasteiger partial charge on any atom is -0.395 e. The molecule has 0 amide bonds. The molecule has 1 atom stereocenters. The second-order valence-electron chi connectivity index (χ2n) is 5.62. The van der Waals surface area contributed by atoms with Crippen molar-refractivity contribution < 1.29 is 44.4 Å². The second kappa shape index (κ2) is 7.43. The van der Waals surface area contributed by atoms with Gasteiger partial charge in [0, 0.05) is 0 Å². The summed E-state index contributed by atoms with van der Waals surface area (Å²) in [7, 11) is -8.53. The average Bonchev–Trinajstić information content (AvgIpc) is 2.22. The molecule has 0 radical (unpaired) electrons. The third-order valence-electron chi connectivity index (χ3n) is 2.40. The molecule has 0 aliphatic carbocycles. The zero-order valence-electron chi connectivity index (χ0n) is 13.5. The first-order valence-electron chi connectivity index (χ1n) is 6.76. The molecule has 0 bridgehead atoms. The number of hydrogen-bond acceptors (Lipinski definition) is 4. The van der Waals surface area contributed by atoms with E-state index in [0.717, 1.165) is 0 Å². The van der Waals surface area contributed by atoms with Crippen LogP contribution in [0.25, 0.3) is 0 Å². The van der Waals surface area contributed by atoms with E-state index in [2.05, 4.69) is 9.05 Å². The highest BCUT2D eigenvalue weighted by atomic mass is 31.2. The molecule has 0 aliphatic heterocycles. The molecule has 0 saturated heterocycles. The Balaban J connectivity index is 6.45. The lowest BCUT2D eigenvalue weighted by molar-refractivity contribution is -0.261. The van der Waals surface area contributed by atoms with Crippen LogP contribution in [-0.2, 0) is 18.0 Å². The van der Waals surface area contributed by atoms with Gasteiger partial charge in [0.2, 0.25) is 0 Å². The van der Waals surface area contributed by atoms with Crippen LogP contribution in [0.3, 0.4) is 0 Å². The van der Waals surface area contributed by atoms with E-state index < -0.39 is 53.2 Å². The second-order valence-corrected chi connectivity index (χ2v) is 12.3. The van der Waals surface area contributed by atoms with Gasteiger partial charge in [-0.3, -0.25) is 4.57 Å². The Kier molecular flexibility index (Phi) is 7.40. The highest BCUT2D eigenvalue weighted by Gasteiger charge is 2.73. The van der Waals surface area contributed by atoms with Gasteiger partial charge in [-0.25, -0.2) is 0 Å². The summed E-state index contributed by atoms with van der Waals surface area (Å²) in [4.78, 5) is 0. The van der Waals surface area contributed by atoms with Crippen LogP contribution < -0.4 is 0 Å². The van der Waals surface area contributed by atoms with Crippen LogP contribution in [0, 0.1) is 0 Å². The van der Waals surface area contributed by atoms with Crippen molar-refractivity contribution in [2.45, 2.75) is 57.6 Å². The molecule has 12 heteroatoms. The van der Waals surface area contributed by atoms with Crippen molar-refractivity contribution in [3.63, 3.8) is 0 Å². The highest BCUT2D eigenvalue weighted by molar-refractivity contribution is 7.55. The minimum absolute atomic E-state index is 0.526. The van der Waals surface area contributed by atoms with E-state index >= 15 is 0 Å². The van der Waals surface area contributed by atoms with Crippen molar-refractivity contribution >= 4 is 15.9 Å². The van der Waals surface area contributed by atoms with Crippen LogP contribution in [0.4, 0.5) is 26.3 Å². The molecule has 0 saturated carbocycles. The highest BCUT2D eigenvalue weighted by Crippen LogP contribution is 2.69. The molecule has 0 aromatic heterocycles. The van der Waals surface area contributed by atoms with Crippen molar-refractivity contribution in [2.75, 3.05) is 13.2 Å². The van der Waals surface area contributed by atoms with Gasteiger partial charge in [0.15, 0.2) is 8.32 Å². The van der Waals surface area contributed by atoms with Crippen LogP contribution in [0.2, 0.25) is 19.6 Å². The molecule has 23 heavy (non-hydrogen) atoms. The number of hydrogen-bond donors (Lipinski definition) is 0. The van der Waals surface area contributed by atoms with E-state index in [9.17, 15) is 30.9 Å². The lowest BCUT2D eigenvalue weighted by Crippen LogP contribution is -2.55. The van der Waals surface area contributed by atoms with E-state index in [4.69, 9.17) is 4.43 Å². The van der Waals surface area contributed by atoms with Gasteiger partial charge in [-0.15, -0.1) is 0 Å². The molecule has 4 nitrogen and oxygen atoms in total. The summed E-state index contributed by atoms with van der Waals surface area (Å²) in [5.41, 5.74) is 0.